The zero-order valence-corrected chi connectivity index (χ0v) is 10.1. The lowest BCUT2D eigenvalue weighted by Gasteiger charge is -2.24. The normalized spacial score (nSPS) is 15.2. The molecule has 0 aliphatic heterocycles. The molecule has 0 radical (unpaired) electrons. The van der Waals surface area contributed by atoms with E-state index >= 15 is 0 Å². The van der Waals surface area contributed by atoms with Gasteiger partial charge in [0.2, 0.25) is 0 Å². The van der Waals surface area contributed by atoms with Gasteiger partial charge in [-0.2, -0.15) is 0 Å². The molecule has 0 aliphatic rings. The van der Waals surface area contributed by atoms with Crippen LogP contribution in [-0.4, -0.2) is 11.7 Å². The molecule has 14 heavy (non-hydrogen) atoms. The maximum atomic E-state index is 13.5. The molecule has 1 atom stereocenters. The van der Waals surface area contributed by atoms with Gasteiger partial charge in [-0.3, -0.25) is 0 Å². The molecule has 0 heterocycles. The molecule has 1 aromatic rings. The lowest BCUT2D eigenvalue weighted by Crippen LogP contribution is -2.35. The molecule has 0 fully saturated rings. The third kappa shape index (κ3) is 2.65. The van der Waals surface area contributed by atoms with Gasteiger partial charge in [-0.15, -0.1) is 0 Å². The van der Waals surface area contributed by atoms with Crippen molar-refractivity contribution in [2.75, 3.05) is 6.61 Å². The molecule has 2 nitrogen and oxygen atoms in total. The van der Waals surface area contributed by atoms with Crippen molar-refractivity contribution in [3.05, 3.63) is 33.1 Å². The number of nitrogens with two attached hydrogens (primary N) is 1. The average Bonchev–Trinajstić information content (AvgIpc) is 2.02. The third-order valence-electron chi connectivity index (χ3n) is 2.18. The van der Waals surface area contributed by atoms with E-state index < -0.39 is 5.54 Å². The first-order valence-electron chi connectivity index (χ1n) is 4.32. The molecular weight excluding hydrogens is 296 g/mol. The van der Waals surface area contributed by atoms with Crippen LogP contribution in [0, 0.1) is 9.39 Å². The lowest BCUT2D eigenvalue weighted by atomic mass is 9.90. The van der Waals surface area contributed by atoms with Crippen molar-refractivity contribution in [3.63, 3.8) is 0 Å². The molecule has 0 aliphatic carbocycles. The fourth-order valence-corrected chi connectivity index (χ4v) is 1.77. The number of halogens is 2. The van der Waals surface area contributed by atoms with Gasteiger partial charge in [0, 0.05) is 21.3 Å². The van der Waals surface area contributed by atoms with Crippen molar-refractivity contribution in [2.45, 2.75) is 18.9 Å². The minimum atomic E-state index is -0.802. The molecule has 0 saturated carbocycles. The Morgan fingerprint density at radius 2 is 2.21 bits per heavy atom. The number of hydrogen-bond acceptors (Lipinski definition) is 2. The van der Waals surface area contributed by atoms with Gasteiger partial charge in [0.1, 0.15) is 5.82 Å². The summed E-state index contributed by atoms with van der Waals surface area (Å²) in [6.45, 7) is 1.67. The summed E-state index contributed by atoms with van der Waals surface area (Å²) in [5.74, 6) is -0.310. The van der Waals surface area contributed by atoms with Crippen molar-refractivity contribution < 1.29 is 9.50 Å². The molecule has 1 rings (SSSR count). The van der Waals surface area contributed by atoms with E-state index in [9.17, 15) is 4.39 Å². The van der Waals surface area contributed by atoms with E-state index in [0.29, 0.717) is 12.0 Å². The van der Waals surface area contributed by atoms with Crippen LogP contribution < -0.4 is 5.73 Å². The Hall–Kier alpha value is -0.200. The van der Waals surface area contributed by atoms with Gasteiger partial charge in [0.25, 0.3) is 0 Å². The predicted molar refractivity (Wildman–Crippen MR) is 62.4 cm³/mol. The van der Waals surface area contributed by atoms with E-state index in [0.717, 1.165) is 3.57 Å². The van der Waals surface area contributed by atoms with Crippen molar-refractivity contribution in [3.8, 4) is 0 Å². The fourth-order valence-electron chi connectivity index (χ4n) is 1.32. The summed E-state index contributed by atoms with van der Waals surface area (Å²) in [6.07, 6.45) is 0.352. The van der Waals surface area contributed by atoms with Crippen LogP contribution in [0.2, 0.25) is 0 Å². The molecular formula is C10H13FINO. The van der Waals surface area contributed by atoms with E-state index in [1.54, 1.807) is 13.0 Å². The van der Waals surface area contributed by atoms with Gasteiger partial charge in [0.05, 0.1) is 0 Å². The van der Waals surface area contributed by atoms with Gasteiger partial charge in [-0.05, 0) is 48.1 Å². The standard InChI is InChI=1S/C10H13FINO/c1-10(13,4-5-14)8-3-2-7(12)6-9(8)11/h2-3,6,14H,4-5,13H2,1H3/t10-/m0/s1. The molecule has 0 saturated heterocycles. The topological polar surface area (TPSA) is 46.2 Å². The number of hydrogen-bond donors (Lipinski definition) is 2. The van der Waals surface area contributed by atoms with Crippen LogP contribution in [0.25, 0.3) is 0 Å². The first-order valence-corrected chi connectivity index (χ1v) is 5.40. The van der Waals surface area contributed by atoms with E-state index in [1.807, 2.05) is 28.7 Å². The van der Waals surface area contributed by atoms with Gasteiger partial charge < -0.3 is 10.8 Å². The molecule has 0 spiro atoms. The summed E-state index contributed by atoms with van der Waals surface area (Å²) in [5, 5.41) is 8.80. The SMILES string of the molecule is C[C@](N)(CCO)c1ccc(I)cc1F. The molecule has 0 unspecified atom stereocenters. The molecule has 1 aromatic carbocycles. The molecule has 4 heteroatoms. The first kappa shape index (κ1) is 11.9. The van der Waals surface area contributed by atoms with Crippen LogP contribution in [-0.2, 0) is 5.54 Å². The highest BCUT2D eigenvalue weighted by molar-refractivity contribution is 14.1. The maximum absolute atomic E-state index is 13.5. The number of aliphatic hydroxyl groups excluding tert-OH is 1. The lowest BCUT2D eigenvalue weighted by molar-refractivity contribution is 0.244. The Balaban J connectivity index is 3.06. The second kappa shape index (κ2) is 4.55. The Labute approximate surface area is 96.5 Å². The first-order chi connectivity index (χ1) is 6.47. The van der Waals surface area contributed by atoms with Crippen LogP contribution in [0.3, 0.4) is 0 Å². The number of rotatable bonds is 3. The van der Waals surface area contributed by atoms with Crippen LogP contribution >= 0.6 is 22.6 Å². The Bertz CT molecular complexity index is 328. The number of aliphatic hydroxyl groups is 1. The monoisotopic (exact) mass is 309 g/mol. The van der Waals surface area contributed by atoms with Crippen LogP contribution in [0.5, 0.6) is 0 Å². The summed E-state index contributed by atoms with van der Waals surface area (Å²) in [7, 11) is 0. The second-order valence-corrected chi connectivity index (χ2v) is 4.76. The molecule has 3 N–H and O–H groups in total. The van der Waals surface area contributed by atoms with E-state index in [1.165, 1.54) is 6.07 Å². The molecule has 78 valence electrons. The van der Waals surface area contributed by atoms with Crippen LogP contribution in [0.1, 0.15) is 18.9 Å². The Morgan fingerprint density at radius 3 is 2.71 bits per heavy atom. The number of benzene rings is 1. The quantitative estimate of drug-likeness (QED) is 0.839. The molecule has 0 amide bonds. The molecule has 0 aromatic heterocycles. The minimum absolute atomic E-state index is 0.0432. The fraction of sp³-hybridized carbons (Fsp3) is 0.400. The summed E-state index contributed by atoms with van der Waals surface area (Å²) in [5.41, 5.74) is 5.55. The summed E-state index contributed by atoms with van der Waals surface area (Å²) in [6, 6.07) is 4.92. The van der Waals surface area contributed by atoms with Crippen LogP contribution in [0.15, 0.2) is 18.2 Å². The van der Waals surface area contributed by atoms with E-state index in [2.05, 4.69) is 0 Å². The van der Waals surface area contributed by atoms with Gasteiger partial charge in [-0.25, -0.2) is 4.39 Å². The zero-order chi connectivity index (χ0) is 10.8. The Morgan fingerprint density at radius 1 is 1.57 bits per heavy atom. The van der Waals surface area contributed by atoms with Crippen molar-refractivity contribution in [1.29, 1.82) is 0 Å². The highest BCUT2D eigenvalue weighted by Crippen LogP contribution is 2.25. The highest BCUT2D eigenvalue weighted by atomic mass is 127. The average molecular weight is 309 g/mol. The van der Waals surface area contributed by atoms with Crippen molar-refractivity contribution >= 4 is 22.6 Å². The Kier molecular flexibility index (Phi) is 3.86. The smallest absolute Gasteiger partial charge is 0.129 e. The van der Waals surface area contributed by atoms with Crippen molar-refractivity contribution in [2.24, 2.45) is 5.73 Å². The highest BCUT2D eigenvalue weighted by Gasteiger charge is 2.23. The van der Waals surface area contributed by atoms with Gasteiger partial charge in [-0.1, -0.05) is 6.07 Å². The van der Waals surface area contributed by atoms with Gasteiger partial charge in [0.15, 0.2) is 0 Å². The van der Waals surface area contributed by atoms with Crippen molar-refractivity contribution in [1.82, 2.24) is 0 Å². The second-order valence-electron chi connectivity index (χ2n) is 3.52. The summed E-state index contributed by atoms with van der Waals surface area (Å²) < 4.78 is 14.3. The largest absolute Gasteiger partial charge is 0.396 e. The summed E-state index contributed by atoms with van der Waals surface area (Å²) in [4.78, 5) is 0. The predicted octanol–water partition coefficient (Wildman–Crippen LogP) is 1.99. The van der Waals surface area contributed by atoms with E-state index in [-0.39, 0.29) is 12.4 Å². The summed E-state index contributed by atoms with van der Waals surface area (Å²) >= 11 is 2.04. The van der Waals surface area contributed by atoms with E-state index in [4.69, 9.17) is 10.8 Å². The third-order valence-corrected chi connectivity index (χ3v) is 2.85. The van der Waals surface area contributed by atoms with Gasteiger partial charge >= 0.3 is 0 Å². The van der Waals surface area contributed by atoms with Crippen LogP contribution in [0.4, 0.5) is 4.39 Å². The molecule has 0 bridgehead atoms. The zero-order valence-electron chi connectivity index (χ0n) is 7.93. The minimum Gasteiger partial charge on any atom is -0.396 e. The maximum Gasteiger partial charge on any atom is 0.129 e.